The van der Waals surface area contributed by atoms with Crippen molar-refractivity contribution in [2.75, 3.05) is 13.2 Å². The predicted octanol–water partition coefficient (Wildman–Crippen LogP) is 1.69. The van der Waals surface area contributed by atoms with Crippen LogP contribution in [0, 0.1) is 0 Å². The highest BCUT2D eigenvalue weighted by Crippen LogP contribution is 2.03. The Morgan fingerprint density at radius 3 is 2.18 bits per heavy atom. The highest BCUT2D eigenvalue weighted by Gasteiger charge is 2.18. The number of carbonyl (C=O) groups excluding carboxylic acids is 1. The van der Waals surface area contributed by atoms with Crippen molar-refractivity contribution >= 4 is 15.6 Å². The molecule has 0 N–H and O–H groups in total. The van der Waals surface area contributed by atoms with Crippen LogP contribution in [0.1, 0.15) is 40.5 Å². The lowest BCUT2D eigenvalue weighted by molar-refractivity contribution is 0.0496. The average Bonchev–Trinajstić information content (AvgIpc) is 2.21. The molecule has 0 unspecified atom stereocenters. The normalized spacial score (nSPS) is 11.2. The maximum Gasteiger partial charge on any atom is 0.484 e. The minimum absolute atomic E-state index is 0.116. The van der Waals surface area contributed by atoms with Gasteiger partial charge in [0.25, 0.3) is 0 Å². The minimum atomic E-state index is -2.02. The van der Waals surface area contributed by atoms with E-state index in [2.05, 4.69) is 4.99 Å². The molecule has 0 fully saturated rings. The molecule has 0 aromatic carbocycles. The van der Waals surface area contributed by atoms with Gasteiger partial charge in [-0.05, 0) is 40.5 Å². The predicted molar refractivity (Wildman–Crippen MR) is 67.8 cm³/mol. The fraction of sp³-hybridized carbons (Fsp3) is 0.909. The van der Waals surface area contributed by atoms with Crippen LogP contribution in [0.15, 0.2) is 4.99 Å². The molecule has 6 heteroatoms. The molecular formula is C11H23NO4Si. The summed E-state index contributed by atoms with van der Waals surface area (Å²) in [5.41, 5.74) is 0. The van der Waals surface area contributed by atoms with Crippen molar-refractivity contribution in [1.29, 1.82) is 0 Å². The van der Waals surface area contributed by atoms with Crippen molar-refractivity contribution in [2.24, 2.45) is 4.99 Å². The zero-order chi connectivity index (χ0) is 13.1. The maximum absolute atomic E-state index is 9.83. The lowest BCUT2D eigenvalue weighted by Crippen LogP contribution is -2.33. The summed E-state index contributed by atoms with van der Waals surface area (Å²) in [6.45, 7) is 8.95. The molecule has 0 heterocycles. The average molecular weight is 261 g/mol. The first-order valence-electron chi connectivity index (χ1n) is 6.02. The van der Waals surface area contributed by atoms with Gasteiger partial charge in [-0.2, -0.15) is 0 Å². The van der Waals surface area contributed by atoms with E-state index in [1.807, 2.05) is 27.7 Å². The molecule has 0 aliphatic carbocycles. The minimum Gasteiger partial charge on any atom is -0.376 e. The van der Waals surface area contributed by atoms with Gasteiger partial charge in [-0.3, -0.25) is 0 Å². The zero-order valence-electron chi connectivity index (χ0n) is 11.1. The monoisotopic (exact) mass is 261 g/mol. The Bertz CT molecular complexity index is 220. The van der Waals surface area contributed by atoms with Crippen LogP contribution in [0.5, 0.6) is 0 Å². The maximum atomic E-state index is 9.83. The van der Waals surface area contributed by atoms with Crippen molar-refractivity contribution in [3.05, 3.63) is 0 Å². The summed E-state index contributed by atoms with van der Waals surface area (Å²) in [7, 11) is -2.02. The van der Waals surface area contributed by atoms with E-state index >= 15 is 0 Å². The Kier molecular flexibility index (Phi) is 10.3. The Morgan fingerprint density at radius 2 is 1.71 bits per heavy atom. The van der Waals surface area contributed by atoms with Crippen LogP contribution in [-0.4, -0.2) is 41.0 Å². The van der Waals surface area contributed by atoms with Gasteiger partial charge in [0.15, 0.2) is 0 Å². The number of nitrogens with zero attached hydrogens (tertiary/aromatic N) is 1. The van der Waals surface area contributed by atoms with Gasteiger partial charge in [-0.1, -0.05) is 0 Å². The molecule has 0 saturated carbocycles. The molecule has 0 amide bonds. The number of unbranched alkanes of at least 4 members (excludes halogenated alkanes) is 1. The first-order valence-corrected chi connectivity index (χ1v) is 7.43. The Hall–Kier alpha value is -0.523. The van der Waals surface area contributed by atoms with E-state index in [1.165, 1.54) is 6.08 Å². The second-order valence-corrected chi connectivity index (χ2v) is 5.66. The Labute approximate surface area is 105 Å². The van der Waals surface area contributed by atoms with Crippen LogP contribution < -0.4 is 0 Å². The molecule has 0 radical (unpaired) electrons. The van der Waals surface area contributed by atoms with E-state index in [4.69, 9.17) is 13.3 Å². The summed E-state index contributed by atoms with van der Waals surface area (Å²) >= 11 is 0. The number of aliphatic imine (C=N–C) groups is 1. The molecule has 0 aliphatic heterocycles. The SMILES string of the molecule is CC(C)O[SiH](OCCCCN=C=O)OC(C)C. The van der Waals surface area contributed by atoms with Crippen molar-refractivity contribution in [3.63, 3.8) is 0 Å². The van der Waals surface area contributed by atoms with Crippen LogP contribution in [-0.2, 0) is 18.1 Å². The van der Waals surface area contributed by atoms with Crippen molar-refractivity contribution in [1.82, 2.24) is 0 Å². The summed E-state index contributed by atoms with van der Waals surface area (Å²) in [5, 5.41) is 0. The smallest absolute Gasteiger partial charge is 0.376 e. The van der Waals surface area contributed by atoms with Crippen LogP contribution in [0.2, 0.25) is 0 Å². The quantitative estimate of drug-likeness (QED) is 0.260. The number of hydrogen-bond donors (Lipinski definition) is 0. The number of hydrogen-bond acceptors (Lipinski definition) is 5. The summed E-state index contributed by atoms with van der Waals surface area (Å²) in [6.07, 6.45) is 3.41. The zero-order valence-corrected chi connectivity index (χ0v) is 12.3. The van der Waals surface area contributed by atoms with Gasteiger partial charge in [0.2, 0.25) is 6.08 Å². The van der Waals surface area contributed by atoms with Gasteiger partial charge in [-0.25, -0.2) is 9.79 Å². The molecule has 100 valence electrons. The summed E-state index contributed by atoms with van der Waals surface area (Å²) in [6, 6.07) is 0. The van der Waals surface area contributed by atoms with Crippen molar-refractivity contribution < 1.29 is 18.1 Å². The van der Waals surface area contributed by atoms with Gasteiger partial charge in [0.1, 0.15) is 0 Å². The topological polar surface area (TPSA) is 57.1 Å². The van der Waals surface area contributed by atoms with Gasteiger partial charge < -0.3 is 13.3 Å². The van der Waals surface area contributed by atoms with Crippen LogP contribution in [0.4, 0.5) is 0 Å². The molecule has 0 atom stereocenters. The highest BCUT2D eigenvalue weighted by atomic mass is 28.3. The first-order chi connectivity index (χ1) is 8.06. The lowest BCUT2D eigenvalue weighted by atomic mass is 10.3. The van der Waals surface area contributed by atoms with Crippen LogP contribution >= 0.6 is 0 Å². The van der Waals surface area contributed by atoms with Crippen molar-refractivity contribution in [3.8, 4) is 0 Å². The molecule has 17 heavy (non-hydrogen) atoms. The van der Waals surface area contributed by atoms with Crippen LogP contribution in [0.3, 0.4) is 0 Å². The number of isocyanates is 1. The van der Waals surface area contributed by atoms with E-state index in [0.717, 1.165) is 12.8 Å². The third-order valence-electron chi connectivity index (χ3n) is 1.75. The van der Waals surface area contributed by atoms with Gasteiger partial charge in [0, 0.05) is 18.8 Å². The molecule has 0 aromatic rings. The van der Waals surface area contributed by atoms with Crippen molar-refractivity contribution in [2.45, 2.75) is 52.7 Å². The van der Waals surface area contributed by atoms with E-state index in [1.54, 1.807) is 0 Å². The molecular weight excluding hydrogens is 238 g/mol. The van der Waals surface area contributed by atoms with Gasteiger partial charge in [-0.15, -0.1) is 0 Å². The van der Waals surface area contributed by atoms with E-state index < -0.39 is 9.53 Å². The summed E-state index contributed by atoms with van der Waals surface area (Å²) in [4.78, 5) is 13.3. The molecule has 0 aliphatic rings. The molecule has 0 saturated heterocycles. The molecule has 0 rings (SSSR count). The van der Waals surface area contributed by atoms with E-state index in [0.29, 0.717) is 13.2 Å². The third-order valence-corrected chi connectivity index (χ3v) is 3.79. The molecule has 5 nitrogen and oxygen atoms in total. The molecule has 0 bridgehead atoms. The summed E-state index contributed by atoms with van der Waals surface area (Å²) in [5.74, 6) is 0. The summed E-state index contributed by atoms with van der Waals surface area (Å²) < 4.78 is 16.8. The second kappa shape index (κ2) is 10.6. The lowest BCUT2D eigenvalue weighted by Gasteiger charge is -2.20. The van der Waals surface area contributed by atoms with Gasteiger partial charge >= 0.3 is 9.53 Å². The van der Waals surface area contributed by atoms with E-state index in [9.17, 15) is 4.79 Å². The first kappa shape index (κ1) is 16.5. The van der Waals surface area contributed by atoms with Crippen LogP contribution in [0.25, 0.3) is 0 Å². The number of rotatable bonds is 10. The third kappa shape index (κ3) is 11.7. The van der Waals surface area contributed by atoms with E-state index in [-0.39, 0.29) is 12.2 Å². The standard InChI is InChI=1S/C11H23NO4Si/c1-10(2)15-17(16-11(3)4)14-8-6-5-7-12-9-13/h10-11,17H,5-8H2,1-4H3. The molecule has 0 aromatic heterocycles. The second-order valence-electron chi connectivity index (χ2n) is 4.21. The molecule has 0 spiro atoms. The highest BCUT2D eigenvalue weighted by molar-refractivity contribution is 6.36. The Morgan fingerprint density at radius 1 is 1.12 bits per heavy atom. The fourth-order valence-electron chi connectivity index (χ4n) is 1.07. The fourth-order valence-corrected chi connectivity index (χ4v) is 2.54. The van der Waals surface area contributed by atoms with Gasteiger partial charge in [0.05, 0.1) is 6.54 Å². The Balaban J connectivity index is 3.71. The largest absolute Gasteiger partial charge is 0.484 e.